The zero-order valence-electron chi connectivity index (χ0n) is 9.50. The summed E-state index contributed by atoms with van der Waals surface area (Å²) in [5, 5.41) is 0. The maximum absolute atomic E-state index is 11.8. The Bertz CT molecular complexity index is 410. The molecule has 0 N–H and O–H groups in total. The molecule has 0 saturated heterocycles. The van der Waals surface area contributed by atoms with Crippen molar-refractivity contribution in [3.05, 3.63) is 29.1 Å². The standard InChI is InChI=1S/C12H15NO2/c1-7-5-8(2)11(13-6-7)12(15)9(3)10(4)14/h5-6,9H,1-4H3. The number of nitrogens with zero attached hydrogens (tertiary/aromatic N) is 1. The summed E-state index contributed by atoms with van der Waals surface area (Å²) < 4.78 is 0. The van der Waals surface area contributed by atoms with Gasteiger partial charge in [-0.15, -0.1) is 0 Å². The van der Waals surface area contributed by atoms with Crippen LogP contribution in [0.1, 0.15) is 35.5 Å². The van der Waals surface area contributed by atoms with Crippen molar-refractivity contribution in [2.45, 2.75) is 27.7 Å². The molecule has 0 aliphatic rings. The molecule has 0 amide bonds. The summed E-state index contributed by atoms with van der Waals surface area (Å²) in [7, 11) is 0. The van der Waals surface area contributed by atoms with Gasteiger partial charge in [0.25, 0.3) is 0 Å². The number of aryl methyl sites for hydroxylation is 2. The number of aromatic nitrogens is 1. The highest BCUT2D eigenvalue weighted by molar-refractivity contribution is 6.09. The molecule has 0 saturated carbocycles. The second-order valence-electron chi connectivity index (χ2n) is 3.87. The van der Waals surface area contributed by atoms with E-state index in [1.807, 2.05) is 19.9 Å². The largest absolute Gasteiger partial charge is 0.299 e. The number of carbonyl (C=O) groups excluding carboxylic acids is 2. The molecule has 1 rings (SSSR count). The molecule has 0 fully saturated rings. The zero-order chi connectivity index (χ0) is 11.6. The van der Waals surface area contributed by atoms with Crippen LogP contribution in [-0.2, 0) is 4.79 Å². The van der Waals surface area contributed by atoms with Gasteiger partial charge in [-0.3, -0.25) is 14.6 Å². The third kappa shape index (κ3) is 2.49. The minimum atomic E-state index is -0.598. The molecule has 80 valence electrons. The first-order valence-electron chi connectivity index (χ1n) is 4.91. The van der Waals surface area contributed by atoms with Crippen LogP contribution in [0.3, 0.4) is 0 Å². The quantitative estimate of drug-likeness (QED) is 0.561. The number of ketones is 2. The maximum atomic E-state index is 11.8. The number of carbonyl (C=O) groups is 2. The minimum Gasteiger partial charge on any atom is -0.299 e. The fourth-order valence-corrected chi connectivity index (χ4v) is 1.36. The van der Waals surface area contributed by atoms with Gasteiger partial charge < -0.3 is 0 Å². The van der Waals surface area contributed by atoms with Crippen molar-refractivity contribution >= 4 is 11.6 Å². The van der Waals surface area contributed by atoms with E-state index in [1.54, 1.807) is 13.1 Å². The van der Waals surface area contributed by atoms with Crippen LogP contribution in [-0.4, -0.2) is 16.6 Å². The Labute approximate surface area is 89.5 Å². The molecule has 0 bridgehead atoms. The Morgan fingerprint density at radius 1 is 1.33 bits per heavy atom. The Hall–Kier alpha value is -1.51. The summed E-state index contributed by atoms with van der Waals surface area (Å²) >= 11 is 0. The molecule has 0 aliphatic carbocycles. The molecular weight excluding hydrogens is 190 g/mol. The van der Waals surface area contributed by atoms with Crippen LogP contribution in [0.5, 0.6) is 0 Å². The molecule has 1 aromatic rings. The van der Waals surface area contributed by atoms with Crippen molar-refractivity contribution in [1.29, 1.82) is 0 Å². The monoisotopic (exact) mass is 205 g/mol. The van der Waals surface area contributed by atoms with Crippen molar-refractivity contribution in [3.63, 3.8) is 0 Å². The van der Waals surface area contributed by atoms with Gasteiger partial charge in [0.05, 0.1) is 5.92 Å². The fourth-order valence-electron chi connectivity index (χ4n) is 1.36. The van der Waals surface area contributed by atoms with Crippen molar-refractivity contribution in [2.75, 3.05) is 0 Å². The Kier molecular flexibility index (Phi) is 3.35. The summed E-state index contributed by atoms with van der Waals surface area (Å²) in [6, 6.07) is 1.90. The van der Waals surface area contributed by atoms with Gasteiger partial charge in [-0.25, -0.2) is 0 Å². The molecule has 0 aromatic carbocycles. The Morgan fingerprint density at radius 2 is 1.93 bits per heavy atom. The SMILES string of the molecule is CC(=O)C(C)C(=O)c1ncc(C)cc1C. The van der Waals surface area contributed by atoms with Gasteiger partial charge >= 0.3 is 0 Å². The molecule has 1 unspecified atom stereocenters. The average molecular weight is 205 g/mol. The predicted molar refractivity (Wildman–Crippen MR) is 57.9 cm³/mol. The lowest BCUT2D eigenvalue weighted by Gasteiger charge is -2.08. The van der Waals surface area contributed by atoms with Crippen LogP contribution in [0.15, 0.2) is 12.3 Å². The first-order valence-corrected chi connectivity index (χ1v) is 4.91. The van der Waals surface area contributed by atoms with Crippen LogP contribution >= 0.6 is 0 Å². The van der Waals surface area contributed by atoms with Gasteiger partial charge in [0.15, 0.2) is 5.78 Å². The van der Waals surface area contributed by atoms with E-state index in [9.17, 15) is 9.59 Å². The minimum absolute atomic E-state index is 0.123. The van der Waals surface area contributed by atoms with E-state index < -0.39 is 5.92 Å². The number of hydrogen-bond acceptors (Lipinski definition) is 3. The van der Waals surface area contributed by atoms with E-state index in [-0.39, 0.29) is 11.6 Å². The van der Waals surface area contributed by atoms with Crippen molar-refractivity contribution in [1.82, 2.24) is 4.98 Å². The average Bonchev–Trinajstić information content (AvgIpc) is 2.15. The van der Waals surface area contributed by atoms with Crippen molar-refractivity contribution in [3.8, 4) is 0 Å². The summed E-state index contributed by atoms with van der Waals surface area (Å²) in [6.07, 6.45) is 1.65. The highest BCUT2D eigenvalue weighted by Gasteiger charge is 2.21. The molecular formula is C12H15NO2. The normalized spacial score (nSPS) is 12.3. The van der Waals surface area contributed by atoms with Gasteiger partial charge in [-0.2, -0.15) is 0 Å². The molecule has 0 radical (unpaired) electrons. The second kappa shape index (κ2) is 4.34. The molecule has 1 atom stereocenters. The van der Waals surface area contributed by atoms with Gasteiger partial charge in [0.2, 0.25) is 0 Å². The number of Topliss-reactive ketones (excluding diaryl/α,β-unsaturated/α-hetero) is 2. The summed E-state index contributed by atoms with van der Waals surface area (Å²) in [6.45, 7) is 6.79. The van der Waals surface area contributed by atoms with Crippen LogP contribution in [0, 0.1) is 19.8 Å². The van der Waals surface area contributed by atoms with Gasteiger partial charge in [-0.1, -0.05) is 6.07 Å². The molecule has 3 heteroatoms. The summed E-state index contributed by atoms with van der Waals surface area (Å²) in [5.74, 6) is -0.916. The summed E-state index contributed by atoms with van der Waals surface area (Å²) in [5.41, 5.74) is 2.25. The van der Waals surface area contributed by atoms with Gasteiger partial charge in [0, 0.05) is 6.20 Å². The van der Waals surface area contributed by atoms with E-state index in [0.717, 1.165) is 11.1 Å². The topological polar surface area (TPSA) is 47.0 Å². The Morgan fingerprint density at radius 3 is 2.40 bits per heavy atom. The lowest BCUT2D eigenvalue weighted by molar-refractivity contribution is -0.118. The van der Waals surface area contributed by atoms with Gasteiger partial charge in [-0.05, 0) is 38.8 Å². The van der Waals surface area contributed by atoms with E-state index in [1.165, 1.54) is 6.92 Å². The predicted octanol–water partition coefficient (Wildman–Crippen LogP) is 2.11. The zero-order valence-corrected chi connectivity index (χ0v) is 9.50. The second-order valence-corrected chi connectivity index (χ2v) is 3.87. The molecule has 0 aliphatic heterocycles. The highest BCUT2D eigenvalue weighted by Crippen LogP contribution is 2.13. The highest BCUT2D eigenvalue weighted by atomic mass is 16.1. The lowest BCUT2D eigenvalue weighted by atomic mass is 9.97. The van der Waals surface area contributed by atoms with Crippen LogP contribution in [0.2, 0.25) is 0 Å². The molecule has 1 aromatic heterocycles. The molecule has 0 spiro atoms. The van der Waals surface area contributed by atoms with Crippen LogP contribution in [0.4, 0.5) is 0 Å². The summed E-state index contributed by atoms with van der Waals surface area (Å²) in [4.78, 5) is 27.0. The molecule has 3 nitrogen and oxygen atoms in total. The van der Waals surface area contributed by atoms with E-state index in [2.05, 4.69) is 4.98 Å². The van der Waals surface area contributed by atoms with Gasteiger partial charge in [0.1, 0.15) is 11.5 Å². The molecule has 15 heavy (non-hydrogen) atoms. The van der Waals surface area contributed by atoms with Crippen molar-refractivity contribution in [2.24, 2.45) is 5.92 Å². The Balaban J connectivity index is 3.07. The third-order valence-corrected chi connectivity index (χ3v) is 2.45. The van der Waals surface area contributed by atoms with Crippen LogP contribution in [0.25, 0.3) is 0 Å². The number of rotatable bonds is 3. The first-order chi connectivity index (χ1) is 6.93. The van der Waals surface area contributed by atoms with E-state index in [4.69, 9.17) is 0 Å². The van der Waals surface area contributed by atoms with Crippen LogP contribution < -0.4 is 0 Å². The number of hydrogen-bond donors (Lipinski definition) is 0. The fraction of sp³-hybridized carbons (Fsp3) is 0.417. The third-order valence-electron chi connectivity index (χ3n) is 2.45. The number of pyridine rings is 1. The molecule has 1 heterocycles. The van der Waals surface area contributed by atoms with E-state index in [0.29, 0.717) is 5.69 Å². The smallest absolute Gasteiger partial charge is 0.191 e. The first kappa shape index (κ1) is 11.6. The maximum Gasteiger partial charge on any atom is 0.191 e. The van der Waals surface area contributed by atoms with Crippen molar-refractivity contribution < 1.29 is 9.59 Å². The lowest BCUT2D eigenvalue weighted by Crippen LogP contribution is -2.20. The van der Waals surface area contributed by atoms with E-state index >= 15 is 0 Å².